The van der Waals surface area contributed by atoms with Crippen LogP contribution in [0.2, 0.25) is 0 Å². The monoisotopic (exact) mass is 384 g/mol. The van der Waals surface area contributed by atoms with Crippen molar-refractivity contribution in [1.82, 2.24) is 19.9 Å². The summed E-state index contributed by atoms with van der Waals surface area (Å²) in [5, 5.41) is 14.2. The third kappa shape index (κ3) is 5.47. The molecule has 0 bridgehead atoms. The maximum atomic E-state index is 12.2. The number of sulfonamides is 1. The Kier molecular flexibility index (Phi) is 5.94. The molecule has 8 nitrogen and oxygen atoms in total. The Hall–Kier alpha value is -3.04. The van der Waals surface area contributed by atoms with E-state index in [2.05, 4.69) is 30.5 Å². The number of aryl methyl sites for hydroxylation is 1. The van der Waals surface area contributed by atoms with Crippen LogP contribution in [0.4, 0.5) is 17.3 Å². The highest BCUT2D eigenvalue weighted by molar-refractivity contribution is 7.89. The van der Waals surface area contributed by atoms with Crippen molar-refractivity contribution in [3.63, 3.8) is 0 Å². The fourth-order valence-corrected chi connectivity index (χ4v) is 3.46. The Morgan fingerprint density at radius 3 is 2.48 bits per heavy atom. The summed E-state index contributed by atoms with van der Waals surface area (Å²) in [6.45, 7) is 2.47. The van der Waals surface area contributed by atoms with Crippen LogP contribution in [0.5, 0.6) is 0 Å². The number of pyridine rings is 1. The van der Waals surface area contributed by atoms with Crippen molar-refractivity contribution in [3.05, 3.63) is 66.5 Å². The highest BCUT2D eigenvalue weighted by Gasteiger charge is 2.12. The van der Waals surface area contributed by atoms with E-state index < -0.39 is 10.0 Å². The van der Waals surface area contributed by atoms with E-state index in [9.17, 15) is 8.42 Å². The van der Waals surface area contributed by atoms with Crippen LogP contribution in [-0.2, 0) is 10.0 Å². The smallest absolute Gasteiger partial charge is 0.240 e. The van der Waals surface area contributed by atoms with Gasteiger partial charge in [0.25, 0.3) is 0 Å². The maximum Gasteiger partial charge on any atom is 0.240 e. The lowest BCUT2D eigenvalue weighted by Crippen LogP contribution is -2.29. The first-order valence-electron chi connectivity index (χ1n) is 8.34. The molecular formula is C18H20N6O2S. The average Bonchev–Trinajstić information content (AvgIpc) is 2.67. The van der Waals surface area contributed by atoms with E-state index in [1.165, 1.54) is 0 Å². The molecule has 2 heterocycles. The van der Waals surface area contributed by atoms with Crippen LogP contribution in [0, 0.1) is 6.92 Å². The zero-order valence-electron chi connectivity index (χ0n) is 14.8. The lowest BCUT2D eigenvalue weighted by Gasteiger charge is -2.09. The molecule has 3 rings (SSSR count). The second-order valence-electron chi connectivity index (χ2n) is 5.81. The number of rotatable bonds is 8. The first-order valence-corrected chi connectivity index (χ1v) is 9.82. The summed E-state index contributed by atoms with van der Waals surface area (Å²) in [6.07, 6.45) is 3.38. The average molecular weight is 384 g/mol. The van der Waals surface area contributed by atoms with Gasteiger partial charge in [0.2, 0.25) is 10.0 Å². The van der Waals surface area contributed by atoms with Gasteiger partial charge in [-0.3, -0.25) is 4.98 Å². The summed E-state index contributed by atoms with van der Waals surface area (Å²) in [4.78, 5) is 4.27. The molecule has 0 aliphatic carbocycles. The van der Waals surface area contributed by atoms with Gasteiger partial charge in [0.15, 0.2) is 5.82 Å². The predicted molar refractivity (Wildman–Crippen MR) is 104 cm³/mol. The predicted octanol–water partition coefficient (Wildman–Crippen LogP) is 2.31. The molecule has 0 fully saturated rings. The number of anilines is 3. The molecule has 0 aliphatic heterocycles. The molecule has 0 saturated heterocycles. The summed E-state index contributed by atoms with van der Waals surface area (Å²) >= 11 is 0. The molecule has 0 amide bonds. The third-order valence-electron chi connectivity index (χ3n) is 3.62. The lowest BCUT2D eigenvalue weighted by molar-refractivity contribution is 0.582. The first kappa shape index (κ1) is 18.7. The van der Waals surface area contributed by atoms with Gasteiger partial charge in [-0.05, 0) is 48.9 Å². The summed E-state index contributed by atoms with van der Waals surface area (Å²) in [7, 11) is -3.52. The van der Waals surface area contributed by atoms with Gasteiger partial charge in [-0.15, -0.1) is 10.2 Å². The largest absolute Gasteiger partial charge is 0.367 e. The van der Waals surface area contributed by atoms with E-state index in [0.29, 0.717) is 18.2 Å². The molecule has 27 heavy (non-hydrogen) atoms. The molecule has 1 aromatic carbocycles. The standard InChI is InChI=1S/C18H20N6O2S/c1-14-4-2-6-16(12-14)27(25,26)21-11-10-20-17-7-8-18(24-23-17)22-15-5-3-9-19-13-15/h2-9,12-13,21H,10-11H2,1H3,(H,20,23)(H,22,24). The SMILES string of the molecule is Cc1cccc(S(=O)(=O)NCCNc2ccc(Nc3cccnc3)nn2)c1. The van der Waals surface area contributed by atoms with Crippen molar-refractivity contribution in [2.24, 2.45) is 0 Å². The molecule has 3 N–H and O–H groups in total. The van der Waals surface area contributed by atoms with Crippen molar-refractivity contribution in [2.45, 2.75) is 11.8 Å². The van der Waals surface area contributed by atoms with Crippen LogP contribution >= 0.6 is 0 Å². The Bertz CT molecular complexity index is 978. The fourth-order valence-electron chi connectivity index (χ4n) is 2.32. The molecule has 0 atom stereocenters. The first-order chi connectivity index (χ1) is 13.0. The fraction of sp³-hybridized carbons (Fsp3) is 0.167. The minimum absolute atomic E-state index is 0.230. The second-order valence-corrected chi connectivity index (χ2v) is 7.58. The number of hydrogen-bond donors (Lipinski definition) is 3. The number of nitrogens with zero attached hydrogens (tertiary/aromatic N) is 3. The molecule has 0 spiro atoms. The molecule has 0 aliphatic rings. The van der Waals surface area contributed by atoms with Gasteiger partial charge < -0.3 is 10.6 Å². The molecule has 140 valence electrons. The summed E-state index contributed by atoms with van der Waals surface area (Å²) in [5.74, 6) is 1.15. The van der Waals surface area contributed by atoms with Gasteiger partial charge in [-0.2, -0.15) is 0 Å². The molecular weight excluding hydrogens is 364 g/mol. The van der Waals surface area contributed by atoms with E-state index >= 15 is 0 Å². The topological polar surface area (TPSA) is 109 Å². The number of benzene rings is 1. The van der Waals surface area contributed by atoms with Gasteiger partial charge in [0, 0.05) is 19.3 Å². The Balaban J connectivity index is 1.48. The Morgan fingerprint density at radius 1 is 0.963 bits per heavy atom. The zero-order chi connectivity index (χ0) is 19.1. The number of nitrogens with one attached hydrogen (secondary N) is 3. The van der Waals surface area contributed by atoms with E-state index in [1.807, 2.05) is 25.1 Å². The number of hydrogen-bond acceptors (Lipinski definition) is 7. The van der Waals surface area contributed by atoms with Crippen LogP contribution in [0.15, 0.2) is 65.8 Å². The van der Waals surface area contributed by atoms with E-state index in [4.69, 9.17) is 0 Å². The summed E-state index contributed by atoms with van der Waals surface area (Å²) in [6, 6.07) is 14.0. The number of aromatic nitrogens is 3. The lowest BCUT2D eigenvalue weighted by atomic mass is 10.2. The van der Waals surface area contributed by atoms with Crippen LogP contribution in [0.3, 0.4) is 0 Å². The van der Waals surface area contributed by atoms with Crippen LogP contribution < -0.4 is 15.4 Å². The molecule has 9 heteroatoms. The summed E-state index contributed by atoms with van der Waals surface area (Å²) in [5.41, 5.74) is 1.71. The quantitative estimate of drug-likeness (QED) is 0.511. The zero-order valence-corrected chi connectivity index (χ0v) is 15.6. The van der Waals surface area contributed by atoms with Crippen LogP contribution in [0.25, 0.3) is 0 Å². The normalized spacial score (nSPS) is 11.1. The van der Waals surface area contributed by atoms with Crippen LogP contribution in [-0.4, -0.2) is 36.7 Å². The van der Waals surface area contributed by atoms with Gasteiger partial charge >= 0.3 is 0 Å². The van der Waals surface area contributed by atoms with Crippen molar-refractivity contribution < 1.29 is 8.42 Å². The minimum atomic E-state index is -3.52. The Morgan fingerprint density at radius 2 is 1.78 bits per heavy atom. The molecule has 3 aromatic rings. The van der Waals surface area contributed by atoms with E-state index in [0.717, 1.165) is 11.3 Å². The molecule has 0 radical (unpaired) electrons. The van der Waals surface area contributed by atoms with Gasteiger partial charge in [-0.25, -0.2) is 13.1 Å². The van der Waals surface area contributed by atoms with Gasteiger partial charge in [0.05, 0.1) is 16.8 Å². The van der Waals surface area contributed by atoms with Gasteiger partial charge in [0.1, 0.15) is 5.82 Å². The van der Waals surface area contributed by atoms with Gasteiger partial charge in [-0.1, -0.05) is 12.1 Å². The highest BCUT2D eigenvalue weighted by atomic mass is 32.2. The van der Waals surface area contributed by atoms with Crippen LogP contribution in [0.1, 0.15) is 5.56 Å². The highest BCUT2D eigenvalue weighted by Crippen LogP contribution is 2.13. The van der Waals surface area contributed by atoms with Crippen molar-refractivity contribution in [3.8, 4) is 0 Å². The Labute approximate surface area is 158 Å². The van der Waals surface area contributed by atoms with E-state index in [-0.39, 0.29) is 11.4 Å². The van der Waals surface area contributed by atoms with Crippen molar-refractivity contribution in [1.29, 1.82) is 0 Å². The third-order valence-corrected chi connectivity index (χ3v) is 5.08. The molecule has 2 aromatic heterocycles. The second kappa shape index (κ2) is 8.56. The maximum absolute atomic E-state index is 12.2. The van der Waals surface area contributed by atoms with Crippen molar-refractivity contribution in [2.75, 3.05) is 23.7 Å². The molecule has 0 saturated carbocycles. The minimum Gasteiger partial charge on any atom is -0.367 e. The van der Waals surface area contributed by atoms with Crippen molar-refractivity contribution >= 4 is 27.3 Å². The van der Waals surface area contributed by atoms with E-state index in [1.54, 1.807) is 42.7 Å². The summed E-state index contributed by atoms with van der Waals surface area (Å²) < 4.78 is 27.0. The molecule has 0 unspecified atom stereocenters.